The Hall–Kier alpha value is -2.69. The number of hydrogen-bond donors (Lipinski definition) is 0. The minimum absolute atomic E-state index is 0.0858. The number of carbonyl (C=O) groups is 1. The summed E-state index contributed by atoms with van der Waals surface area (Å²) in [5.41, 5.74) is 2.72. The van der Waals surface area contributed by atoms with Gasteiger partial charge in [0.2, 0.25) is 5.91 Å². The molecule has 1 aliphatic rings. The van der Waals surface area contributed by atoms with E-state index in [2.05, 4.69) is 5.16 Å². The number of rotatable bonds is 6. The molecule has 4 nitrogen and oxygen atoms in total. The molecular weight excluding hydrogens is 319 g/mol. The Morgan fingerprint density at radius 2 is 1.92 bits per heavy atom. The highest BCUT2D eigenvalue weighted by Gasteiger charge is 2.26. The molecule has 0 saturated heterocycles. The molecule has 1 aliphatic heterocycles. The number of oxime groups is 1. The monoisotopic (exact) mass is 340 g/mol. The van der Waals surface area contributed by atoms with Gasteiger partial charge in [0.05, 0.1) is 12.3 Å². The third kappa shape index (κ3) is 4.44. The Kier molecular flexibility index (Phi) is 5.43. The maximum absolute atomic E-state index is 13.0. The quantitative estimate of drug-likeness (QED) is 0.803. The second kappa shape index (κ2) is 7.92. The molecule has 0 bridgehead atoms. The van der Waals surface area contributed by atoms with E-state index in [-0.39, 0.29) is 17.8 Å². The average molecular weight is 340 g/mol. The molecule has 0 saturated carbocycles. The third-order valence-electron chi connectivity index (χ3n) is 4.21. The minimum Gasteiger partial charge on any atom is -0.390 e. The van der Waals surface area contributed by atoms with Crippen LogP contribution in [0.5, 0.6) is 0 Å². The fourth-order valence-electron chi connectivity index (χ4n) is 2.87. The highest BCUT2D eigenvalue weighted by molar-refractivity contribution is 6.01. The Balaban J connectivity index is 1.63. The first-order valence-corrected chi connectivity index (χ1v) is 8.46. The van der Waals surface area contributed by atoms with Gasteiger partial charge in [-0.05, 0) is 23.3 Å². The van der Waals surface area contributed by atoms with Gasteiger partial charge in [0, 0.05) is 19.4 Å². The van der Waals surface area contributed by atoms with Crippen molar-refractivity contribution in [1.29, 1.82) is 0 Å². The summed E-state index contributed by atoms with van der Waals surface area (Å²) in [6.07, 6.45) is 0.873. The van der Waals surface area contributed by atoms with Crippen molar-refractivity contribution < 1.29 is 14.0 Å². The lowest BCUT2D eigenvalue weighted by Crippen LogP contribution is -2.36. The summed E-state index contributed by atoms with van der Waals surface area (Å²) in [4.78, 5) is 19.6. The molecule has 1 unspecified atom stereocenters. The van der Waals surface area contributed by atoms with Crippen molar-refractivity contribution in [1.82, 2.24) is 4.90 Å². The van der Waals surface area contributed by atoms with Crippen LogP contribution >= 0.6 is 0 Å². The highest BCUT2D eigenvalue weighted by atomic mass is 19.1. The minimum atomic E-state index is -0.276. The van der Waals surface area contributed by atoms with Crippen molar-refractivity contribution in [2.24, 2.45) is 5.16 Å². The number of amides is 1. The van der Waals surface area contributed by atoms with Crippen LogP contribution in [0.1, 0.15) is 30.9 Å². The van der Waals surface area contributed by atoms with E-state index in [0.29, 0.717) is 25.9 Å². The molecule has 1 amide bonds. The number of carbonyl (C=O) groups excluding carboxylic acids is 1. The standard InChI is InChI=1S/C20H21FN2O2/c1-2-20(24)23(13-15-6-4-3-5-7-15)14-18-12-19(22-25-18)16-8-10-17(21)11-9-16/h3-11,18H,2,12-14H2,1H3. The maximum Gasteiger partial charge on any atom is 0.222 e. The first-order chi connectivity index (χ1) is 12.2. The van der Waals surface area contributed by atoms with Crippen molar-refractivity contribution in [2.75, 3.05) is 6.54 Å². The Morgan fingerprint density at radius 1 is 1.20 bits per heavy atom. The number of benzene rings is 2. The molecule has 2 aromatic carbocycles. The average Bonchev–Trinajstić information content (AvgIpc) is 3.10. The smallest absolute Gasteiger partial charge is 0.222 e. The summed E-state index contributed by atoms with van der Waals surface area (Å²) < 4.78 is 13.0. The summed E-state index contributed by atoms with van der Waals surface area (Å²) in [6.45, 7) is 2.89. The largest absolute Gasteiger partial charge is 0.390 e. The second-order valence-corrected chi connectivity index (χ2v) is 6.09. The number of hydrogen-bond acceptors (Lipinski definition) is 3. The zero-order valence-electron chi connectivity index (χ0n) is 14.2. The molecule has 1 heterocycles. The topological polar surface area (TPSA) is 41.9 Å². The molecule has 0 radical (unpaired) electrons. The Morgan fingerprint density at radius 3 is 2.60 bits per heavy atom. The van der Waals surface area contributed by atoms with E-state index in [1.807, 2.05) is 42.2 Å². The second-order valence-electron chi connectivity index (χ2n) is 6.09. The molecule has 25 heavy (non-hydrogen) atoms. The Bertz CT molecular complexity index is 744. The summed E-state index contributed by atoms with van der Waals surface area (Å²) in [6, 6.07) is 16.1. The van der Waals surface area contributed by atoms with Crippen molar-refractivity contribution in [3.63, 3.8) is 0 Å². The highest BCUT2D eigenvalue weighted by Crippen LogP contribution is 2.19. The van der Waals surface area contributed by atoms with E-state index < -0.39 is 0 Å². The first-order valence-electron chi connectivity index (χ1n) is 8.46. The van der Waals surface area contributed by atoms with Crippen LogP contribution < -0.4 is 0 Å². The predicted octanol–water partition coefficient (Wildman–Crippen LogP) is 3.76. The van der Waals surface area contributed by atoms with E-state index in [9.17, 15) is 9.18 Å². The summed E-state index contributed by atoms with van der Waals surface area (Å²) in [5.74, 6) is -0.190. The molecule has 2 aromatic rings. The third-order valence-corrected chi connectivity index (χ3v) is 4.21. The van der Waals surface area contributed by atoms with Crippen LogP contribution in [-0.2, 0) is 16.2 Å². The predicted molar refractivity (Wildman–Crippen MR) is 94.6 cm³/mol. The van der Waals surface area contributed by atoms with Crippen LogP contribution in [0, 0.1) is 5.82 Å². The van der Waals surface area contributed by atoms with Crippen molar-refractivity contribution in [3.05, 3.63) is 71.5 Å². The van der Waals surface area contributed by atoms with Crippen molar-refractivity contribution >= 4 is 11.6 Å². The van der Waals surface area contributed by atoms with Crippen LogP contribution in [-0.4, -0.2) is 29.2 Å². The van der Waals surface area contributed by atoms with E-state index in [1.165, 1.54) is 12.1 Å². The van der Waals surface area contributed by atoms with Gasteiger partial charge in [-0.2, -0.15) is 0 Å². The molecule has 1 atom stereocenters. The van der Waals surface area contributed by atoms with Gasteiger partial charge in [-0.1, -0.05) is 54.5 Å². The van der Waals surface area contributed by atoms with E-state index in [1.54, 1.807) is 12.1 Å². The van der Waals surface area contributed by atoms with E-state index in [4.69, 9.17) is 4.84 Å². The molecule has 0 spiro atoms. The molecule has 5 heteroatoms. The van der Waals surface area contributed by atoms with Crippen LogP contribution in [0.4, 0.5) is 4.39 Å². The fourth-order valence-corrected chi connectivity index (χ4v) is 2.87. The number of nitrogens with zero attached hydrogens (tertiary/aromatic N) is 2. The SMILES string of the molecule is CCC(=O)N(Cc1ccccc1)CC1CC(c2ccc(F)cc2)=NO1. The van der Waals surface area contributed by atoms with Crippen LogP contribution in [0.25, 0.3) is 0 Å². The van der Waals surface area contributed by atoms with Gasteiger partial charge >= 0.3 is 0 Å². The summed E-state index contributed by atoms with van der Waals surface area (Å²) in [7, 11) is 0. The molecule has 0 N–H and O–H groups in total. The van der Waals surface area contributed by atoms with Crippen molar-refractivity contribution in [3.8, 4) is 0 Å². The fraction of sp³-hybridized carbons (Fsp3) is 0.300. The van der Waals surface area contributed by atoms with Gasteiger partial charge in [-0.15, -0.1) is 0 Å². The van der Waals surface area contributed by atoms with Gasteiger partial charge in [0.15, 0.2) is 6.10 Å². The molecule has 130 valence electrons. The van der Waals surface area contributed by atoms with Crippen LogP contribution in [0.2, 0.25) is 0 Å². The van der Waals surface area contributed by atoms with Gasteiger partial charge < -0.3 is 9.74 Å². The van der Waals surface area contributed by atoms with Crippen LogP contribution in [0.3, 0.4) is 0 Å². The molecule has 0 aliphatic carbocycles. The first kappa shape index (κ1) is 17.1. The van der Waals surface area contributed by atoms with Crippen molar-refractivity contribution in [2.45, 2.75) is 32.4 Å². The number of halogens is 1. The zero-order valence-corrected chi connectivity index (χ0v) is 14.2. The summed E-state index contributed by atoms with van der Waals surface area (Å²) >= 11 is 0. The molecule has 3 rings (SSSR count). The normalized spacial score (nSPS) is 16.2. The molecule has 0 fully saturated rings. The molecular formula is C20H21FN2O2. The lowest BCUT2D eigenvalue weighted by molar-refractivity contribution is -0.133. The van der Waals surface area contributed by atoms with Gasteiger partial charge in [0.1, 0.15) is 5.82 Å². The molecule has 0 aromatic heterocycles. The Labute approximate surface area is 146 Å². The van der Waals surface area contributed by atoms with Gasteiger partial charge in [-0.3, -0.25) is 4.79 Å². The van der Waals surface area contributed by atoms with E-state index in [0.717, 1.165) is 16.8 Å². The summed E-state index contributed by atoms with van der Waals surface area (Å²) in [5, 5.41) is 4.12. The van der Waals surface area contributed by atoms with Crippen LogP contribution in [0.15, 0.2) is 59.8 Å². The lowest BCUT2D eigenvalue weighted by Gasteiger charge is -2.24. The van der Waals surface area contributed by atoms with Gasteiger partial charge in [-0.25, -0.2) is 4.39 Å². The maximum atomic E-state index is 13.0. The lowest BCUT2D eigenvalue weighted by atomic mass is 10.0. The van der Waals surface area contributed by atoms with E-state index >= 15 is 0 Å². The zero-order chi connectivity index (χ0) is 17.6. The van der Waals surface area contributed by atoms with Gasteiger partial charge in [0.25, 0.3) is 0 Å².